The van der Waals surface area contributed by atoms with Crippen molar-refractivity contribution in [3.05, 3.63) is 65.0 Å². The van der Waals surface area contributed by atoms with Crippen molar-refractivity contribution in [1.29, 1.82) is 0 Å². The highest BCUT2D eigenvalue weighted by Crippen LogP contribution is 2.28. The highest BCUT2D eigenvalue weighted by molar-refractivity contribution is 7.89. The number of nitrogens with zero attached hydrogens (tertiary/aromatic N) is 1. The fraction of sp³-hybridized carbons (Fsp3) is 0.417. The van der Waals surface area contributed by atoms with Gasteiger partial charge >= 0.3 is 5.97 Å². The van der Waals surface area contributed by atoms with Crippen LogP contribution in [-0.4, -0.2) is 54.5 Å². The first-order valence-corrected chi connectivity index (χ1v) is 12.4. The van der Waals surface area contributed by atoms with Gasteiger partial charge in [-0.1, -0.05) is 18.2 Å². The molecule has 0 radical (unpaired) electrons. The summed E-state index contributed by atoms with van der Waals surface area (Å²) in [6.45, 7) is 6.46. The Morgan fingerprint density at radius 1 is 1.12 bits per heavy atom. The summed E-state index contributed by atoms with van der Waals surface area (Å²) in [5.41, 5.74) is 2.37. The zero-order chi connectivity index (χ0) is 25.2. The van der Waals surface area contributed by atoms with E-state index in [0.29, 0.717) is 5.56 Å². The lowest BCUT2D eigenvalue weighted by atomic mass is 10.1. The molecule has 1 saturated heterocycles. The number of hydrogen-bond acceptors (Lipinski definition) is 6. The first-order chi connectivity index (χ1) is 15.9. The molecule has 8 nitrogen and oxygen atoms in total. The lowest BCUT2D eigenvalue weighted by molar-refractivity contribution is -0.158. The summed E-state index contributed by atoms with van der Waals surface area (Å²) in [6.07, 6.45) is -2.38. The van der Waals surface area contributed by atoms with E-state index in [2.05, 4.69) is 5.32 Å². The number of β-amino-alcohol motifs (C(OH)–C–C–N with tert-alkyl or cyclic N) is 1. The Balaban J connectivity index is 1.70. The van der Waals surface area contributed by atoms with Crippen LogP contribution in [0.5, 0.6) is 0 Å². The number of sulfonamides is 1. The van der Waals surface area contributed by atoms with Crippen molar-refractivity contribution in [2.75, 3.05) is 6.54 Å². The molecule has 1 aliphatic heterocycles. The van der Waals surface area contributed by atoms with Gasteiger partial charge in [-0.3, -0.25) is 9.59 Å². The Morgan fingerprint density at radius 2 is 1.76 bits per heavy atom. The van der Waals surface area contributed by atoms with Gasteiger partial charge in [0.1, 0.15) is 11.9 Å². The summed E-state index contributed by atoms with van der Waals surface area (Å²) in [7, 11) is -4.08. The largest absolute Gasteiger partial charge is 0.451 e. The molecule has 0 bridgehead atoms. The van der Waals surface area contributed by atoms with Crippen LogP contribution in [-0.2, 0) is 24.3 Å². The third kappa shape index (κ3) is 5.63. The van der Waals surface area contributed by atoms with Gasteiger partial charge in [0.05, 0.1) is 17.0 Å². The molecule has 3 rings (SSSR count). The maximum absolute atomic E-state index is 13.2. The van der Waals surface area contributed by atoms with Gasteiger partial charge in [0.2, 0.25) is 10.0 Å². The molecular formula is C24H29FN2O6S. The average molecular weight is 493 g/mol. The van der Waals surface area contributed by atoms with Crippen LogP contribution in [0, 0.1) is 19.7 Å². The topological polar surface area (TPSA) is 113 Å². The van der Waals surface area contributed by atoms with Crippen molar-refractivity contribution in [2.45, 2.75) is 63.3 Å². The number of carbonyl (C=O) groups is 2. The second kappa shape index (κ2) is 10.2. The van der Waals surface area contributed by atoms with E-state index in [0.717, 1.165) is 15.4 Å². The van der Waals surface area contributed by atoms with Crippen LogP contribution in [0.25, 0.3) is 0 Å². The van der Waals surface area contributed by atoms with Gasteiger partial charge in [-0.15, -0.1) is 0 Å². The van der Waals surface area contributed by atoms with Gasteiger partial charge < -0.3 is 15.2 Å². The van der Waals surface area contributed by atoms with Crippen molar-refractivity contribution in [1.82, 2.24) is 9.62 Å². The molecule has 4 unspecified atom stereocenters. The van der Waals surface area contributed by atoms with Crippen LogP contribution in [0.1, 0.15) is 43.0 Å². The normalized spacial score (nSPS) is 20.5. The molecular weight excluding hydrogens is 463 g/mol. The van der Waals surface area contributed by atoms with Gasteiger partial charge in [0.15, 0.2) is 6.10 Å². The molecule has 1 heterocycles. The number of esters is 1. The van der Waals surface area contributed by atoms with Gasteiger partial charge in [0.25, 0.3) is 5.91 Å². The molecule has 184 valence electrons. The second-order valence-electron chi connectivity index (χ2n) is 8.59. The summed E-state index contributed by atoms with van der Waals surface area (Å²) < 4.78 is 45.7. The molecule has 4 atom stereocenters. The Hall–Kier alpha value is -2.82. The number of carbonyl (C=O) groups excluding carboxylic acids is 2. The van der Waals surface area contributed by atoms with E-state index >= 15 is 0 Å². The molecule has 0 spiro atoms. The monoisotopic (exact) mass is 492 g/mol. The summed E-state index contributed by atoms with van der Waals surface area (Å²) in [5.74, 6) is -1.91. The van der Waals surface area contributed by atoms with E-state index in [4.69, 9.17) is 4.74 Å². The zero-order valence-electron chi connectivity index (χ0n) is 19.5. The summed E-state index contributed by atoms with van der Waals surface area (Å²) in [4.78, 5) is 25.4. The number of benzene rings is 2. The van der Waals surface area contributed by atoms with Crippen molar-refractivity contribution in [2.24, 2.45) is 0 Å². The molecule has 1 amide bonds. The smallest absolute Gasteiger partial charge is 0.325 e. The SMILES string of the molecule is Cc1ccc(S(=O)(=O)N2CC(O)CC2C(=O)OC(C)C(=O)NC(C)c2ccc(F)cc2)cc1C. The summed E-state index contributed by atoms with van der Waals surface area (Å²) in [6, 6.07) is 8.54. The number of ether oxygens (including phenoxy) is 1. The first kappa shape index (κ1) is 25.8. The van der Waals surface area contributed by atoms with Crippen molar-refractivity contribution < 1.29 is 32.2 Å². The molecule has 0 saturated carbocycles. The van der Waals surface area contributed by atoms with Gasteiger partial charge in [0, 0.05) is 13.0 Å². The zero-order valence-corrected chi connectivity index (χ0v) is 20.3. The van der Waals surface area contributed by atoms with Crippen LogP contribution < -0.4 is 5.32 Å². The third-order valence-corrected chi connectivity index (χ3v) is 7.85. The van der Waals surface area contributed by atoms with Crippen LogP contribution in [0.15, 0.2) is 47.4 Å². The number of aliphatic hydroxyl groups excluding tert-OH is 1. The van der Waals surface area contributed by atoms with E-state index in [-0.39, 0.29) is 17.9 Å². The lowest BCUT2D eigenvalue weighted by Crippen LogP contribution is -2.44. The van der Waals surface area contributed by atoms with Crippen LogP contribution in [0.4, 0.5) is 4.39 Å². The minimum absolute atomic E-state index is 0.0152. The minimum atomic E-state index is -4.08. The molecule has 10 heteroatoms. The minimum Gasteiger partial charge on any atom is -0.451 e. The predicted molar refractivity (Wildman–Crippen MR) is 123 cm³/mol. The molecule has 1 aliphatic rings. The number of aliphatic hydroxyl groups is 1. The molecule has 1 fully saturated rings. The molecule has 34 heavy (non-hydrogen) atoms. The van der Waals surface area contributed by atoms with E-state index in [1.807, 2.05) is 6.92 Å². The second-order valence-corrected chi connectivity index (χ2v) is 10.5. The standard InChI is InChI=1S/C24H29FN2O6S/c1-14-5-10-21(11-15(14)2)34(31,32)27-13-20(28)12-22(27)24(30)33-17(4)23(29)26-16(3)18-6-8-19(25)9-7-18/h5-11,16-17,20,22,28H,12-13H2,1-4H3,(H,26,29). The summed E-state index contributed by atoms with van der Waals surface area (Å²) in [5, 5.41) is 12.8. The number of aryl methyl sites for hydroxylation is 2. The Labute approximate surface area is 198 Å². The number of hydrogen-bond donors (Lipinski definition) is 2. The fourth-order valence-corrected chi connectivity index (χ4v) is 5.46. The first-order valence-electron chi connectivity index (χ1n) is 10.9. The van der Waals surface area contributed by atoms with Gasteiger partial charge in [-0.2, -0.15) is 4.31 Å². The number of nitrogens with one attached hydrogen (secondary N) is 1. The van der Waals surface area contributed by atoms with Crippen molar-refractivity contribution in [3.8, 4) is 0 Å². The van der Waals surface area contributed by atoms with Crippen molar-refractivity contribution >= 4 is 21.9 Å². The highest BCUT2D eigenvalue weighted by Gasteiger charge is 2.45. The summed E-state index contributed by atoms with van der Waals surface area (Å²) >= 11 is 0. The lowest BCUT2D eigenvalue weighted by Gasteiger charge is -2.24. The molecule has 0 aromatic heterocycles. The molecule has 2 N–H and O–H groups in total. The fourth-order valence-electron chi connectivity index (χ4n) is 3.75. The Kier molecular flexibility index (Phi) is 7.74. The van der Waals surface area contributed by atoms with E-state index in [1.165, 1.54) is 43.3 Å². The van der Waals surface area contributed by atoms with Crippen LogP contribution in [0.3, 0.4) is 0 Å². The molecule has 2 aromatic rings. The predicted octanol–water partition coefficient (Wildman–Crippen LogP) is 2.38. The quantitative estimate of drug-likeness (QED) is 0.574. The van der Waals surface area contributed by atoms with Gasteiger partial charge in [-0.25, -0.2) is 12.8 Å². The van der Waals surface area contributed by atoms with Gasteiger partial charge in [-0.05, 0) is 68.7 Å². The number of amides is 1. The number of rotatable bonds is 7. The Bertz CT molecular complexity index is 1170. The molecule has 2 aromatic carbocycles. The van der Waals surface area contributed by atoms with E-state index in [9.17, 15) is 27.5 Å². The molecule has 0 aliphatic carbocycles. The van der Waals surface area contributed by atoms with Crippen LogP contribution in [0.2, 0.25) is 0 Å². The third-order valence-electron chi connectivity index (χ3n) is 5.98. The van der Waals surface area contributed by atoms with Crippen molar-refractivity contribution in [3.63, 3.8) is 0 Å². The van der Waals surface area contributed by atoms with E-state index < -0.39 is 52.0 Å². The Morgan fingerprint density at radius 3 is 2.38 bits per heavy atom. The van der Waals surface area contributed by atoms with Crippen LogP contribution >= 0.6 is 0 Å². The number of halogens is 1. The highest BCUT2D eigenvalue weighted by atomic mass is 32.2. The maximum atomic E-state index is 13.2. The maximum Gasteiger partial charge on any atom is 0.325 e. The average Bonchev–Trinajstić information content (AvgIpc) is 3.18. The van der Waals surface area contributed by atoms with E-state index in [1.54, 1.807) is 19.9 Å².